The summed E-state index contributed by atoms with van der Waals surface area (Å²) in [6, 6.07) is 6.89. The number of rotatable bonds is 7. The zero-order valence-electron chi connectivity index (χ0n) is 12.6. The summed E-state index contributed by atoms with van der Waals surface area (Å²) in [6.07, 6.45) is 7.90. The fraction of sp³-hybridized carbons (Fsp3) is 0.250. The lowest BCUT2D eigenvalue weighted by Gasteiger charge is -2.06. The average molecular weight is 335 g/mol. The maximum absolute atomic E-state index is 11.7. The van der Waals surface area contributed by atoms with E-state index in [0.717, 1.165) is 12.8 Å². The van der Waals surface area contributed by atoms with Gasteiger partial charge < -0.3 is 10.6 Å². The summed E-state index contributed by atoms with van der Waals surface area (Å²) in [4.78, 5) is 31.3. The minimum atomic E-state index is -0.132. The van der Waals surface area contributed by atoms with E-state index < -0.39 is 0 Å². The van der Waals surface area contributed by atoms with Crippen molar-refractivity contribution >= 4 is 24.2 Å². The maximum Gasteiger partial charge on any atom is 0.252 e. The summed E-state index contributed by atoms with van der Waals surface area (Å²) < 4.78 is 0. The van der Waals surface area contributed by atoms with Crippen LogP contribution in [0.5, 0.6) is 0 Å². The summed E-state index contributed by atoms with van der Waals surface area (Å²) in [5.41, 5.74) is 1.10. The molecule has 2 rings (SSSR count). The molecule has 23 heavy (non-hydrogen) atoms. The minimum Gasteiger partial charge on any atom is -0.352 e. The number of hydrogen-bond acceptors (Lipinski definition) is 4. The van der Waals surface area contributed by atoms with Gasteiger partial charge in [-0.25, -0.2) is 0 Å². The Kier molecular flexibility index (Phi) is 8.31. The van der Waals surface area contributed by atoms with Crippen molar-refractivity contribution in [1.82, 2.24) is 20.6 Å². The van der Waals surface area contributed by atoms with Crippen molar-refractivity contribution in [2.45, 2.75) is 12.8 Å². The highest BCUT2D eigenvalue weighted by Crippen LogP contribution is 1.97. The van der Waals surface area contributed by atoms with Gasteiger partial charge in [-0.05, 0) is 37.1 Å². The third-order valence-electron chi connectivity index (χ3n) is 3.02. The van der Waals surface area contributed by atoms with Gasteiger partial charge in [0.25, 0.3) is 11.8 Å². The van der Waals surface area contributed by atoms with Crippen molar-refractivity contribution in [2.24, 2.45) is 0 Å². The van der Waals surface area contributed by atoms with Crippen LogP contribution in [0, 0.1) is 0 Å². The monoisotopic (exact) mass is 334 g/mol. The number of nitrogens with one attached hydrogen (secondary N) is 2. The second-order valence-corrected chi connectivity index (χ2v) is 4.70. The van der Waals surface area contributed by atoms with E-state index in [1.54, 1.807) is 36.7 Å². The number of amides is 2. The Balaban J connectivity index is 0.00000264. The van der Waals surface area contributed by atoms with E-state index in [0.29, 0.717) is 24.2 Å². The number of unbranched alkanes of at least 4 members (excludes halogenated alkanes) is 1. The minimum absolute atomic E-state index is 0. The van der Waals surface area contributed by atoms with E-state index in [-0.39, 0.29) is 24.2 Å². The highest BCUT2D eigenvalue weighted by atomic mass is 35.5. The Morgan fingerprint density at radius 3 is 1.61 bits per heavy atom. The van der Waals surface area contributed by atoms with E-state index in [9.17, 15) is 9.59 Å². The van der Waals surface area contributed by atoms with Gasteiger partial charge in [0.1, 0.15) is 0 Å². The molecule has 0 spiro atoms. The molecule has 122 valence electrons. The first-order valence-corrected chi connectivity index (χ1v) is 7.14. The van der Waals surface area contributed by atoms with Gasteiger partial charge in [-0.3, -0.25) is 19.6 Å². The maximum atomic E-state index is 11.7. The first-order chi connectivity index (χ1) is 10.8. The van der Waals surface area contributed by atoms with Crippen LogP contribution in [0.1, 0.15) is 33.6 Å². The third kappa shape index (κ3) is 6.44. The SMILES string of the molecule is Cl.O=C(NCCCCNC(=O)c1cccnc1)c1cccnc1. The van der Waals surface area contributed by atoms with Crippen molar-refractivity contribution in [3.05, 3.63) is 60.2 Å². The Hall–Kier alpha value is -2.47. The molecule has 2 aromatic rings. The molecule has 0 fully saturated rings. The van der Waals surface area contributed by atoms with Crippen LogP contribution >= 0.6 is 12.4 Å². The van der Waals surface area contributed by atoms with Crippen LogP contribution in [0.15, 0.2) is 49.1 Å². The molecule has 0 saturated carbocycles. The topological polar surface area (TPSA) is 84.0 Å². The molecule has 0 aromatic carbocycles. The van der Waals surface area contributed by atoms with Gasteiger partial charge in [0, 0.05) is 37.9 Å². The summed E-state index contributed by atoms with van der Waals surface area (Å²) in [6.45, 7) is 1.13. The van der Waals surface area contributed by atoms with E-state index in [1.165, 1.54) is 12.4 Å². The molecule has 0 saturated heterocycles. The second kappa shape index (κ2) is 10.3. The number of pyridine rings is 2. The highest BCUT2D eigenvalue weighted by Gasteiger charge is 2.05. The van der Waals surface area contributed by atoms with E-state index in [1.807, 2.05) is 0 Å². The van der Waals surface area contributed by atoms with Crippen molar-refractivity contribution in [1.29, 1.82) is 0 Å². The predicted molar refractivity (Wildman–Crippen MR) is 89.6 cm³/mol. The molecule has 0 radical (unpaired) electrons. The Labute approximate surface area is 141 Å². The molecule has 0 aliphatic carbocycles. The van der Waals surface area contributed by atoms with Crippen LogP contribution in [0.2, 0.25) is 0 Å². The van der Waals surface area contributed by atoms with Gasteiger partial charge in [0.2, 0.25) is 0 Å². The van der Waals surface area contributed by atoms with Gasteiger partial charge in [-0.2, -0.15) is 0 Å². The number of aromatic nitrogens is 2. The van der Waals surface area contributed by atoms with E-state index in [2.05, 4.69) is 20.6 Å². The van der Waals surface area contributed by atoms with Crippen LogP contribution < -0.4 is 10.6 Å². The molecule has 6 nitrogen and oxygen atoms in total. The molecule has 2 amide bonds. The van der Waals surface area contributed by atoms with Gasteiger partial charge in [-0.15, -0.1) is 12.4 Å². The molecular weight excluding hydrogens is 316 g/mol. The van der Waals surface area contributed by atoms with Crippen LogP contribution in [0.3, 0.4) is 0 Å². The molecule has 0 aliphatic rings. The zero-order valence-corrected chi connectivity index (χ0v) is 13.4. The number of nitrogens with zero attached hydrogens (tertiary/aromatic N) is 2. The fourth-order valence-corrected chi connectivity index (χ4v) is 1.85. The zero-order chi connectivity index (χ0) is 15.6. The molecule has 0 aliphatic heterocycles. The molecule has 7 heteroatoms. The second-order valence-electron chi connectivity index (χ2n) is 4.70. The van der Waals surface area contributed by atoms with Gasteiger partial charge in [-0.1, -0.05) is 0 Å². The molecule has 0 atom stereocenters. The molecule has 2 heterocycles. The smallest absolute Gasteiger partial charge is 0.252 e. The number of carbonyl (C=O) groups excluding carboxylic acids is 2. The Morgan fingerprint density at radius 2 is 1.26 bits per heavy atom. The lowest BCUT2D eigenvalue weighted by Crippen LogP contribution is -2.27. The molecule has 0 bridgehead atoms. The first-order valence-electron chi connectivity index (χ1n) is 7.14. The largest absolute Gasteiger partial charge is 0.352 e. The van der Waals surface area contributed by atoms with Crippen LogP contribution in [-0.2, 0) is 0 Å². The van der Waals surface area contributed by atoms with Crippen LogP contribution in [-0.4, -0.2) is 34.9 Å². The number of carbonyl (C=O) groups is 2. The third-order valence-corrected chi connectivity index (χ3v) is 3.02. The summed E-state index contributed by atoms with van der Waals surface area (Å²) in [5.74, 6) is -0.264. The molecule has 2 aromatic heterocycles. The molecular formula is C16H19ClN4O2. The summed E-state index contributed by atoms with van der Waals surface area (Å²) in [5, 5.41) is 5.63. The van der Waals surface area contributed by atoms with Crippen LogP contribution in [0.25, 0.3) is 0 Å². The summed E-state index contributed by atoms with van der Waals surface area (Å²) in [7, 11) is 0. The lowest BCUT2D eigenvalue weighted by molar-refractivity contribution is 0.0939. The predicted octanol–water partition coefficient (Wildman–Crippen LogP) is 1.84. The Morgan fingerprint density at radius 1 is 0.826 bits per heavy atom. The first kappa shape index (κ1) is 18.6. The number of halogens is 1. The quantitative estimate of drug-likeness (QED) is 0.757. The van der Waals surface area contributed by atoms with E-state index in [4.69, 9.17) is 0 Å². The average Bonchev–Trinajstić information content (AvgIpc) is 2.59. The van der Waals surface area contributed by atoms with Gasteiger partial charge in [0.05, 0.1) is 11.1 Å². The standard InChI is InChI=1S/C16H18N4O2.ClH/c21-15(13-5-3-7-17-11-13)19-9-1-2-10-20-16(22)14-6-4-8-18-12-14;/h3-8,11-12H,1-2,9-10H2,(H,19,21)(H,20,22);1H. The van der Waals surface area contributed by atoms with Gasteiger partial charge in [0.15, 0.2) is 0 Å². The normalized spacial score (nSPS) is 9.57. The fourth-order valence-electron chi connectivity index (χ4n) is 1.85. The van der Waals surface area contributed by atoms with Crippen molar-refractivity contribution in [3.8, 4) is 0 Å². The van der Waals surface area contributed by atoms with Gasteiger partial charge >= 0.3 is 0 Å². The number of hydrogen-bond donors (Lipinski definition) is 2. The Bertz CT molecular complexity index is 552. The molecule has 2 N–H and O–H groups in total. The van der Waals surface area contributed by atoms with Crippen molar-refractivity contribution in [2.75, 3.05) is 13.1 Å². The van der Waals surface area contributed by atoms with Crippen molar-refractivity contribution in [3.63, 3.8) is 0 Å². The molecule has 0 unspecified atom stereocenters. The van der Waals surface area contributed by atoms with E-state index >= 15 is 0 Å². The summed E-state index contributed by atoms with van der Waals surface area (Å²) >= 11 is 0. The highest BCUT2D eigenvalue weighted by molar-refractivity contribution is 5.94. The van der Waals surface area contributed by atoms with Crippen molar-refractivity contribution < 1.29 is 9.59 Å². The van der Waals surface area contributed by atoms with Crippen LogP contribution in [0.4, 0.5) is 0 Å². The lowest BCUT2D eigenvalue weighted by atomic mass is 10.2.